The minimum Gasteiger partial charge on any atom is -0.232 e. The summed E-state index contributed by atoms with van der Waals surface area (Å²) in [5.41, 5.74) is 5.66. The van der Waals surface area contributed by atoms with Crippen LogP contribution in [0.5, 0.6) is 0 Å². The Morgan fingerprint density at radius 3 is 2.14 bits per heavy atom. The van der Waals surface area contributed by atoms with Crippen molar-refractivity contribution < 1.29 is 0 Å². The molecule has 4 rings (SSSR count). The average Bonchev–Trinajstić information content (AvgIpc) is 2.98. The normalized spacial score (nSPS) is 11.0. The van der Waals surface area contributed by atoms with E-state index in [-0.39, 0.29) is 0 Å². The Hall–Kier alpha value is -2.87. The highest BCUT2D eigenvalue weighted by Gasteiger charge is 2.14. The van der Waals surface area contributed by atoms with Crippen LogP contribution in [0, 0.1) is 6.92 Å². The van der Waals surface area contributed by atoms with Gasteiger partial charge in [0.15, 0.2) is 0 Å². The molecule has 0 N–H and O–H groups in total. The molecule has 0 amide bonds. The lowest BCUT2D eigenvalue weighted by Crippen LogP contribution is -1.95. The Morgan fingerprint density at radius 1 is 0.727 bits per heavy atom. The molecule has 0 aliphatic heterocycles. The maximum absolute atomic E-state index is 4.91. The molecule has 0 aliphatic carbocycles. The second kappa shape index (κ2) is 5.15. The van der Waals surface area contributed by atoms with Crippen LogP contribution in [0.25, 0.3) is 27.8 Å². The second-order valence-corrected chi connectivity index (χ2v) is 5.43. The molecule has 22 heavy (non-hydrogen) atoms. The maximum atomic E-state index is 4.91. The van der Waals surface area contributed by atoms with E-state index in [9.17, 15) is 0 Å². The van der Waals surface area contributed by atoms with Gasteiger partial charge in [-0.05, 0) is 30.7 Å². The van der Waals surface area contributed by atoms with Gasteiger partial charge in [0.1, 0.15) is 5.69 Å². The summed E-state index contributed by atoms with van der Waals surface area (Å²) in [5, 5.41) is 6.13. The quantitative estimate of drug-likeness (QED) is 0.506. The van der Waals surface area contributed by atoms with Crippen molar-refractivity contribution in [1.29, 1.82) is 0 Å². The lowest BCUT2D eigenvalue weighted by molar-refractivity contribution is 0.915. The number of para-hydroxylation sites is 1. The maximum Gasteiger partial charge on any atom is 0.101 e. The summed E-state index contributed by atoms with van der Waals surface area (Å²) < 4.78 is 2.03. The standard InChI is InChI=1S/C20H16N2/c1-15-9-8-14-18-19(15)20(16-10-4-2-5-11-16)21-22(18)17-12-6-3-7-13-17/h2-14H,1H3. The number of fused-ring (bicyclic) bond motifs is 1. The van der Waals surface area contributed by atoms with Gasteiger partial charge in [-0.25, -0.2) is 4.68 Å². The van der Waals surface area contributed by atoms with E-state index in [4.69, 9.17) is 5.10 Å². The first-order valence-electron chi connectivity index (χ1n) is 7.44. The zero-order valence-electron chi connectivity index (χ0n) is 12.4. The molecule has 0 radical (unpaired) electrons. The molecule has 1 aromatic heterocycles. The van der Waals surface area contributed by atoms with Crippen LogP contribution in [-0.4, -0.2) is 9.78 Å². The third kappa shape index (κ3) is 2.01. The zero-order valence-corrected chi connectivity index (χ0v) is 12.4. The predicted octanol–water partition coefficient (Wildman–Crippen LogP) is 5.00. The summed E-state index contributed by atoms with van der Waals surface area (Å²) in [7, 11) is 0. The minimum atomic E-state index is 1.04. The van der Waals surface area contributed by atoms with Crippen LogP contribution in [0.4, 0.5) is 0 Å². The summed E-state index contributed by atoms with van der Waals surface area (Å²) in [4.78, 5) is 0. The van der Waals surface area contributed by atoms with Crippen molar-refractivity contribution in [1.82, 2.24) is 9.78 Å². The van der Waals surface area contributed by atoms with Gasteiger partial charge in [0.25, 0.3) is 0 Å². The number of benzene rings is 3. The van der Waals surface area contributed by atoms with Gasteiger partial charge in [0.2, 0.25) is 0 Å². The van der Waals surface area contributed by atoms with Crippen molar-refractivity contribution >= 4 is 10.9 Å². The molecule has 3 aromatic carbocycles. The van der Waals surface area contributed by atoms with E-state index in [2.05, 4.69) is 61.5 Å². The van der Waals surface area contributed by atoms with Crippen LogP contribution in [0.2, 0.25) is 0 Å². The molecule has 2 nitrogen and oxygen atoms in total. The third-order valence-corrected chi connectivity index (χ3v) is 3.96. The van der Waals surface area contributed by atoms with Crippen LogP contribution >= 0.6 is 0 Å². The minimum absolute atomic E-state index is 1.04. The van der Waals surface area contributed by atoms with Gasteiger partial charge < -0.3 is 0 Å². The summed E-state index contributed by atoms with van der Waals surface area (Å²) in [6.45, 7) is 2.14. The number of aromatic nitrogens is 2. The lowest BCUT2D eigenvalue weighted by atomic mass is 10.0. The average molecular weight is 284 g/mol. The largest absolute Gasteiger partial charge is 0.232 e. The lowest BCUT2D eigenvalue weighted by Gasteiger charge is -2.03. The number of hydrogen-bond donors (Lipinski definition) is 0. The topological polar surface area (TPSA) is 17.8 Å². The van der Waals surface area contributed by atoms with Gasteiger partial charge in [-0.1, -0.05) is 60.7 Å². The van der Waals surface area contributed by atoms with Crippen molar-refractivity contribution in [2.75, 3.05) is 0 Å². The van der Waals surface area contributed by atoms with Crippen molar-refractivity contribution in [2.24, 2.45) is 0 Å². The number of rotatable bonds is 2. The Bertz CT molecular complexity index is 922. The van der Waals surface area contributed by atoms with Crippen molar-refractivity contribution in [3.8, 4) is 16.9 Å². The monoisotopic (exact) mass is 284 g/mol. The molecule has 0 fully saturated rings. The SMILES string of the molecule is Cc1cccc2c1c(-c1ccccc1)nn2-c1ccccc1. The van der Waals surface area contributed by atoms with Gasteiger partial charge >= 0.3 is 0 Å². The van der Waals surface area contributed by atoms with E-state index in [1.54, 1.807) is 0 Å². The summed E-state index contributed by atoms with van der Waals surface area (Å²) in [6, 6.07) is 27.0. The molecular formula is C20H16N2. The third-order valence-electron chi connectivity index (χ3n) is 3.96. The molecule has 0 atom stereocenters. The Morgan fingerprint density at radius 2 is 1.41 bits per heavy atom. The van der Waals surface area contributed by atoms with Gasteiger partial charge in [0.05, 0.1) is 11.2 Å². The summed E-state index contributed by atoms with van der Waals surface area (Å²) >= 11 is 0. The zero-order chi connectivity index (χ0) is 14.9. The fourth-order valence-corrected chi connectivity index (χ4v) is 2.90. The van der Waals surface area contributed by atoms with Gasteiger partial charge in [-0.3, -0.25) is 0 Å². The number of nitrogens with zero attached hydrogens (tertiary/aromatic N) is 2. The van der Waals surface area contributed by atoms with E-state index < -0.39 is 0 Å². The molecule has 1 heterocycles. The number of aryl methyl sites for hydroxylation is 1. The van der Waals surface area contributed by atoms with Crippen molar-refractivity contribution in [2.45, 2.75) is 6.92 Å². The highest BCUT2D eigenvalue weighted by Crippen LogP contribution is 2.31. The second-order valence-electron chi connectivity index (χ2n) is 5.43. The van der Waals surface area contributed by atoms with Crippen LogP contribution in [0.15, 0.2) is 78.9 Å². The van der Waals surface area contributed by atoms with Gasteiger partial charge in [-0.15, -0.1) is 0 Å². The van der Waals surface area contributed by atoms with Crippen molar-refractivity contribution in [3.05, 3.63) is 84.4 Å². The Balaban J connectivity index is 2.07. The van der Waals surface area contributed by atoms with E-state index in [1.165, 1.54) is 10.9 Å². The molecule has 0 aliphatic rings. The van der Waals surface area contributed by atoms with Crippen LogP contribution in [0.3, 0.4) is 0 Å². The van der Waals surface area contributed by atoms with Crippen molar-refractivity contribution in [3.63, 3.8) is 0 Å². The fraction of sp³-hybridized carbons (Fsp3) is 0.0500. The smallest absolute Gasteiger partial charge is 0.101 e. The molecule has 0 spiro atoms. The van der Waals surface area contributed by atoms with E-state index in [0.29, 0.717) is 0 Å². The van der Waals surface area contributed by atoms with Crippen LogP contribution in [-0.2, 0) is 0 Å². The molecule has 0 unspecified atom stereocenters. The molecule has 2 heteroatoms. The molecule has 0 saturated heterocycles. The first kappa shape index (κ1) is 12.8. The first-order valence-corrected chi connectivity index (χ1v) is 7.44. The van der Waals surface area contributed by atoms with Crippen LogP contribution in [0.1, 0.15) is 5.56 Å². The summed E-state index contributed by atoms with van der Waals surface area (Å²) in [6.07, 6.45) is 0. The van der Waals surface area contributed by atoms with E-state index in [0.717, 1.165) is 22.5 Å². The molecular weight excluding hydrogens is 268 g/mol. The Labute approximate surface area is 129 Å². The van der Waals surface area contributed by atoms with Gasteiger partial charge in [0, 0.05) is 10.9 Å². The van der Waals surface area contributed by atoms with E-state index >= 15 is 0 Å². The van der Waals surface area contributed by atoms with Gasteiger partial charge in [-0.2, -0.15) is 5.10 Å². The highest BCUT2D eigenvalue weighted by molar-refractivity contribution is 5.96. The molecule has 0 bridgehead atoms. The number of hydrogen-bond acceptors (Lipinski definition) is 1. The first-order chi connectivity index (χ1) is 10.8. The van der Waals surface area contributed by atoms with E-state index in [1.807, 2.05) is 28.9 Å². The molecule has 0 saturated carbocycles. The van der Waals surface area contributed by atoms with Crippen LogP contribution < -0.4 is 0 Å². The Kier molecular flexibility index (Phi) is 3.01. The molecule has 4 aromatic rings. The predicted molar refractivity (Wildman–Crippen MR) is 91.2 cm³/mol. The fourth-order valence-electron chi connectivity index (χ4n) is 2.90. The summed E-state index contributed by atoms with van der Waals surface area (Å²) in [5.74, 6) is 0. The molecule has 106 valence electrons. The highest BCUT2D eigenvalue weighted by atomic mass is 15.3.